The number of nitrogens with one attached hydrogen (secondary N) is 1. The van der Waals surface area contributed by atoms with Crippen LogP contribution in [0.15, 0.2) is 24.5 Å². The fourth-order valence-corrected chi connectivity index (χ4v) is 1.56. The smallest absolute Gasteiger partial charge is 0.242 e. The van der Waals surface area contributed by atoms with Crippen molar-refractivity contribution in [3.63, 3.8) is 0 Å². The summed E-state index contributed by atoms with van der Waals surface area (Å²) in [5, 5.41) is 11.7. The second-order valence-corrected chi connectivity index (χ2v) is 3.81. The van der Waals surface area contributed by atoms with Gasteiger partial charge in [-0.25, -0.2) is 9.37 Å². The van der Waals surface area contributed by atoms with Crippen molar-refractivity contribution in [1.82, 2.24) is 9.97 Å². The van der Waals surface area contributed by atoms with E-state index >= 15 is 0 Å². The molecular formula is C13H12FN5O. The van der Waals surface area contributed by atoms with Crippen LogP contribution in [0.1, 0.15) is 12.5 Å². The van der Waals surface area contributed by atoms with Gasteiger partial charge < -0.3 is 15.8 Å². The molecule has 20 heavy (non-hydrogen) atoms. The summed E-state index contributed by atoms with van der Waals surface area (Å²) in [5.74, 6) is 0.0234. The number of hydrogen-bond donors (Lipinski definition) is 2. The van der Waals surface area contributed by atoms with Crippen LogP contribution >= 0.6 is 0 Å². The average molecular weight is 273 g/mol. The van der Waals surface area contributed by atoms with Crippen LogP contribution in [-0.2, 0) is 0 Å². The summed E-state index contributed by atoms with van der Waals surface area (Å²) in [6, 6.07) is 5.82. The van der Waals surface area contributed by atoms with E-state index in [1.165, 1.54) is 24.5 Å². The van der Waals surface area contributed by atoms with Crippen LogP contribution in [0.5, 0.6) is 5.88 Å². The van der Waals surface area contributed by atoms with Crippen LogP contribution in [0, 0.1) is 17.1 Å². The second-order valence-electron chi connectivity index (χ2n) is 3.81. The summed E-state index contributed by atoms with van der Waals surface area (Å²) in [4.78, 5) is 7.90. The number of rotatable bonds is 4. The minimum absolute atomic E-state index is 0.0624. The van der Waals surface area contributed by atoms with Gasteiger partial charge in [0.25, 0.3) is 0 Å². The van der Waals surface area contributed by atoms with Crippen molar-refractivity contribution < 1.29 is 9.13 Å². The highest BCUT2D eigenvalue weighted by molar-refractivity contribution is 5.72. The van der Waals surface area contributed by atoms with Gasteiger partial charge in [-0.2, -0.15) is 10.2 Å². The van der Waals surface area contributed by atoms with E-state index in [9.17, 15) is 4.39 Å². The van der Waals surface area contributed by atoms with Crippen LogP contribution in [0.4, 0.5) is 21.6 Å². The van der Waals surface area contributed by atoms with Gasteiger partial charge in [-0.05, 0) is 25.1 Å². The molecule has 0 radical (unpaired) electrons. The third-order valence-electron chi connectivity index (χ3n) is 2.48. The Morgan fingerprint density at radius 1 is 1.45 bits per heavy atom. The van der Waals surface area contributed by atoms with E-state index in [4.69, 9.17) is 15.7 Å². The van der Waals surface area contributed by atoms with Crippen molar-refractivity contribution >= 4 is 17.2 Å². The van der Waals surface area contributed by atoms with E-state index in [2.05, 4.69) is 15.3 Å². The molecule has 0 saturated carbocycles. The molecule has 1 heterocycles. The number of benzene rings is 1. The van der Waals surface area contributed by atoms with Crippen LogP contribution in [0.25, 0.3) is 0 Å². The maximum atomic E-state index is 13.2. The molecule has 2 aromatic rings. The Labute approximate surface area is 115 Å². The fraction of sp³-hybridized carbons (Fsp3) is 0.154. The molecule has 0 saturated heterocycles. The van der Waals surface area contributed by atoms with Crippen molar-refractivity contribution in [2.75, 3.05) is 17.7 Å². The number of nitrogen functional groups attached to an aromatic ring is 1. The normalized spacial score (nSPS) is 9.85. The Hall–Kier alpha value is -2.88. The molecule has 0 spiro atoms. The van der Waals surface area contributed by atoms with Gasteiger partial charge in [0.15, 0.2) is 5.82 Å². The van der Waals surface area contributed by atoms with Crippen molar-refractivity contribution in [1.29, 1.82) is 5.26 Å². The van der Waals surface area contributed by atoms with Gasteiger partial charge in [0.1, 0.15) is 23.9 Å². The van der Waals surface area contributed by atoms with Gasteiger partial charge in [0, 0.05) is 5.69 Å². The monoisotopic (exact) mass is 273 g/mol. The third-order valence-corrected chi connectivity index (χ3v) is 2.48. The van der Waals surface area contributed by atoms with Crippen molar-refractivity contribution in [3.8, 4) is 11.9 Å². The molecule has 0 unspecified atom stereocenters. The summed E-state index contributed by atoms with van der Waals surface area (Å²) in [7, 11) is 0. The van der Waals surface area contributed by atoms with Crippen molar-refractivity contribution in [2.24, 2.45) is 0 Å². The lowest BCUT2D eigenvalue weighted by atomic mass is 10.2. The predicted molar refractivity (Wildman–Crippen MR) is 72.0 cm³/mol. The minimum Gasteiger partial charge on any atom is -0.476 e. The van der Waals surface area contributed by atoms with Gasteiger partial charge >= 0.3 is 0 Å². The summed E-state index contributed by atoms with van der Waals surface area (Å²) in [6.07, 6.45) is 1.30. The van der Waals surface area contributed by atoms with E-state index in [-0.39, 0.29) is 17.1 Å². The summed E-state index contributed by atoms with van der Waals surface area (Å²) < 4.78 is 18.5. The Kier molecular flexibility index (Phi) is 3.96. The molecular weight excluding hydrogens is 261 g/mol. The molecule has 3 N–H and O–H groups in total. The van der Waals surface area contributed by atoms with Gasteiger partial charge in [-0.15, -0.1) is 0 Å². The molecule has 6 nitrogen and oxygen atoms in total. The maximum absolute atomic E-state index is 13.2. The first-order chi connectivity index (χ1) is 9.65. The molecule has 102 valence electrons. The molecule has 0 aliphatic heterocycles. The molecule has 0 fully saturated rings. The highest BCUT2D eigenvalue weighted by atomic mass is 19.1. The Morgan fingerprint density at radius 3 is 2.95 bits per heavy atom. The zero-order valence-electron chi connectivity index (χ0n) is 10.7. The number of anilines is 3. The van der Waals surface area contributed by atoms with E-state index in [1.54, 1.807) is 6.07 Å². The van der Waals surface area contributed by atoms with Gasteiger partial charge in [-0.1, -0.05) is 0 Å². The molecule has 1 aromatic carbocycles. The van der Waals surface area contributed by atoms with Crippen LogP contribution in [0.2, 0.25) is 0 Å². The number of nitrogens with two attached hydrogens (primary N) is 1. The first kappa shape index (κ1) is 13.5. The molecule has 0 atom stereocenters. The Balaban J connectivity index is 2.31. The zero-order valence-corrected chi connectivity index (χ0v) is 10.7. The average Bonchev–Trinajstić information content (AvgIpc) is 2.45. The molecule has 0 aliphatic rings. The predicted octanol–water partition coefficient (Wildman–Crippen LogP) is 2.21. The minimum atomic E-state index is -0.580. The van der Waals surface area contributed by atoms with E-state index < -0.39 is 5.82 Å². The van der Waals surface area contributed by atoms with Crippen LogP contribution in [-0.4, -0.2) is 16.6 Å². The van der Waals surface area contributed by atoms with E-state index in [1.807, 2.05) is 6.92 Å². The second kappa shape index (κ2) is 5.84. The summed E-state index contributed by atoms with van der Waals surface area (Å²) in [6.45, 7) is 2.24. The first-order valence-corrected chi connectivity index (χ1v) is 5.85. The SMILES string of the molecule is CCOc1ncnc(Nc2ccc(F)c(C#N)c2)c1N. The van der Waals surface area contributed by atoms with E-state index in [0.29, 0.717) is 18.1 Å². The Bertz CT molecular complexity index is 668. The lowest BCUT2D eigenvalue weighted by Gasteiger charge is -2.11. The molecule has 0 bridgehead atoms. The molecule has 2 rings (SSSR count). The van der Waals surface area contributed by atoms with Crippen LogP contribution in [0.3, 0.4) is 0 Å². The maximum Gasteiger partial charge on any atom is 0.242 e. The number of nitriles is 1. The number of hydrogen-bond acceptors (Lipinski definition) is 6. The molecule has 0 aliphatic carbocycles. The molecule has 0 amide bonds. The lowest BCUT2D eigenvalue weighted by Crippen LogP contribution is -2.05. The molecule has 1 aromatic heterocycles. The number of ether oxygens (including phenoxy) is 1. The number of nitrogens with zero attached hydrogens (tertiary/aromatic N) is 3. The largest absolute Gasteiger partial charge is 0.476 e. The van der Waals surface area contributed by atoms with Gasteiger partial charge in [0.2, 0.25) is 5.88 Å². The van der Waals surface area contributed by atoms with Crippen molar-refractivity contribution in [3.05, 3.63) is 35.9 Å². The summed E-state index contributed by atoms with van der Waals surface area (Å²) >= 11 is 0. The topological polar surface area (TPSA) is 96.9 Å². The standard InChI is InChI=1S/C13H12FN5O/c1-2-20-13-11(16)12(17-7-18-13)19-9-3-4-10(14)8(5-9)6-15/h3-5,7H,2,16H2,1H3,(H,17,18,19). The number of aromatic nitrogens is 2. The quantitative estimate of drug-likeness (QED) is 0.886. The van der Waals surface area contributed by atoms with Crippen LogP contribution < -0.4 is 15.8 Å². The third kappa shape index (κ3) is 2.75. The van der Waals surface area contributed by atoms with Gasteiger partial charge in [-0.3, -0.25) is 0 Å². The highest BCUT2D eigenvalue weighted by Gasteiger charge is 2.10. The number of halogens is 1. The fourth-order valence-electron chi connectivity index (χ4n) is 1.56. The Morgan fingerprint density at radius 2 is 2.25 bits per heavy atom. The lowest BCUT2D eigenvalue weighted by molar-refractivity contribution is 0.328. The van der Waals surface area contributed by atoms with Gasteiger partial charge in [0.05, 0.1) is 12.2 Å². The molecule has 7 heteroatoms. The van der Waals surface area contributed by atoms with Crippen molar-refractivity contribution in [2.45, 2.75) is 6.92 Å². The zero-order chi connectivity index (χ0) is 14.5. The highest BCUT2D eigenvalue weighted by Crippen LogP contribution is 2.27. The first-order valence-electron chi connectivity index (χ1n) is 5.85. The van der Waals surface area contributed by atoms with E-state index in [0.717, 1.165) is 0 Å². The summed E-state index contributed by atoms with van der Waals surface area (Å²) in [5.41, 5.74) is 6.55.